The normalized spacial score (nSPS) is 23.6. The highest BCUT2D eigenvalue weighted by Crippen LogP contribution is 2.35. The van der Waals surface area contributed by atoms with Crippen LogP contribution in [0, 0.1) is 0 Å². The number of hydrogen-bond acceptors (Lipinski definition) is 2. The van der Waals surface area contributed by atoms with Gasteiger partial charge in [-0.25, -0.2) is 0 Å². The van der Waals surface area contributed by atoms with Crippen LogP contribution in [0.5, 0.6) is 0 Å². The van der Waals surface area contributed by atoms with Gasteiger partial charge in [-0.1, -0.05) is 44.4 Å². The molecule has 1 fully saturated rings. The minimum absolute atomic E-state index is 0.619. The van der Waals surface area contributed by atoms with E-state index in [1.807, 2.05) is 12.4 Å². The van der Waals surface area contributed by atoms with E-state index in [1.54, 1.807) is 0 Å². The van der Waals surface area contributed by atoms with Crippen LogP contribution in [0.1, 0.15) is 50.5 Å². The zero-order valence-corrected chi connectivity index (χ0v) is 12.3. The van der Waals surface area contributed by atoms with Crippen LogP contribution in [-0.4, -0.2) is 17.6 Å². The summed E-state index contributed by atoms with van der Waals surface area (Å²) in [6, 6.07) is 9.45. The number of nitrogens with one attached hydrogen (secondary N) is 1. The quantitative estimate of drug-likeness (QED) is 0.841. The van der Waals surface area contributed by atoms with Gasteiger partial charge >= 0.3 is 0 Å². The molecule has 0 bridgehead atoms. The van der Waals surface area contributed by atoms with Crippen molar-refractivity contribution >= 4 is 10.8 Å². The number of fused-ring (bicyclic) bond motifs is 1. The van der Waals surface area contributed by atoms with E-state index in [0.29, 0.717) is 12.0 Å². The molecular weight excluding hydrogens is 244 g/mol. The first-order valence-corrected chi connectivity index (χ1v) is 7.96. The molecule has 0 saturated heterocycles. The first-order chi connectivity index (χ1) is 9.90. The van der Waals surface area contributed by atoms with E-state index < -0.39 is 0 Å². The highest BCUT2D eigenvalue weighted by molar-refractivity contribution is 5.85. The van der Waals surface area contributed by atoms with Gasteiger partial charge in [0.2, 0.25) is 0 Å². The first-order valence-electron chi connectivity index (χ1n) is 7.96. The van der Waals surface area contributed by atoms with Gasteiger partial charge in [0.25, 0.3) is 0 Å². The van der Waals surface area contributed by atoms with Crippen molar-refractivity contribution < 1.29 is 0 Å². The number of benzene rings is 1. The second kappa shape index (κ2) is 6.36. The number of nitrogens with zero attached hydrogens (tertiary/aromatic N) is 1. The summed E-state index contributed by atoms with van der Waals surface area (Å²) >= 11 is 0. The maximum absolute atomic E-state index is 4.34. The Balaban J connectivity index is 2.02. The van der Waals surface area contributed by atoms with Gasteiger partial charge in [-0.3, -0.25) is 4.98 Å². The van der Waals surface area contributed by atoms with Crippen molar-refractivity contribution in [3.63, 3.8) is 0 Å². The lowest BCUT2D eigenvalue weighted by Gasteiger charge is -2.27. The van der Waals surface area contributed by atoms with Crippen molar-refractivity contribution in [2.24, 2.45) is 0 Å². The molecule has 1 aliphatic rings. The molecule has 2 unspecified atom stereocenters. The van der Waals surface area contributed by atoms with E-state index in [1.165, 1.54) is 48.4 Å². The van der Waals surface area contributed by atoms with Crippen molar-refractivity contribution in [3.05, 3.63) is 42.2 Å². The van der Waals surface area contributed by atoms with Crippen molar-refractivity contribution in [1.29, 1.82) is 0 Å². The van der Waals surface area contributed by atoms with Crippen LogP contribution >= 0.6 is 0 Å². The largest absolute Gasteiger partial charge is 0.314 e. The van der Waals surface area contributed by atoms with Gasteiger partial charge in [0.15, 0.2) is 0 Å². The fourth-order valence-electron chi connectivity index (χ4n) is 3.65. The van der Waals surface area contributed by atoms with Crippen LogP contribution in [0.25, 0.3) is 10.8 Å². The Morgan fingerprint density at radius 1 is 1.15 bits per heavy atom. The summed E-state index contributed by atoms with van der Waals surface area (Å²) in [5, 5.41) is 6.37. The van der Waals surface area contributed by atoms with E-state index >= 15 is 0 Å². The van der Waals surface area contributed by atoms with Gasteiger partial charge in [0, 0.05) is 23.8 Å². The van der Waals surface area contributed by atoms with Crippen molar-refractivity contribution in [3.8, 4) is 0 Å². The second-order valence-corrected chi connectivity index (χ2v) is 5.85. The zero-order chi connectivity index (χ0) is 13.8. The summed E-state index contributed by atoms with van der Waals surface area (Å²) < 4.78 is 0. The maximum Gasteiger partial charge on any atom is 0.0349 e. The average Bonchev–Trinajstić information content (AvgIpc) is 2.73. The molecule has 3 rings (SSSR count). The fourth-order valence-corrected chi connectivity index (χ4v) is 3.65. The molecule has 1 aliphatic carbocycles. The van der Waals surface area contributed by atoms with Crippen molar-refractivity contribution in [2.75, 3.05) is 6.54 Å². The Morgan fingerprint density at radius 2 is 2.05 bits per heavy atom. The van der Waals surface area contributed by atoms with Gasteiger partial charge in [0.1, 0.15) is 0 Å². The predicted molar refractivity (Wildman–Crippen MR) is 85.0 cm³/mol. The number of likely N-dealkylation sites (N-methyl/N-ethyl adjacent to an activating group) is 1. The van der Waals surface area contributed by atoms with Crippen LogP contribution in [0.2, 0.25) is 0 Å². The Kier molecular flexibility index (Phi) is 4.31. The minimum atomic E-state index is 0.619. The molecule has 20 heavy (non-hydrogen) atoms. The van der Waals surface area contributed by atoms with E-state index in [2.05, 4.69) is 41.5 Å². The monoisotopic (exact) mass is 268 g/mol. The molecule has 0 aliphatic heterocycles. The van der Waals surface area contributed by atoms with E-state index in [0.717, 1.165) is 6.54 Å². The minimum Gasteiger partial charge on any atom is -0.314 e. The summed E-state index contributed by atoms with van der Waals surface area (Å²) in [6.45, 7) is 3.27. The molecule has 2 heteroatoms. The molecule has 106 valence electrons. The molecule has 1 aromatic heterocycles. The summed E-state index contributed by atoms with van der Waals surface area (Å²) in [5.41, 5.74) is 1.49. The average molecular weight is 268 g/mol. The summed E-state index contributed by atoms with van der Waals surface area (Å²) in [4.78, 5) is 4.34. The lowest BCUT2D eigenvalue weighted by Crippen LogP contribution is -2.34. The topological polar surface area (TPSA) is 24.9 Å². The molecule has 2 aromatic rings. The Hall–Kier alpha value is -1.41. The number of rotatable bonds is 3. The molecule has 1 saturated carbocycles. The SMILES string of the molecule is CCNC1CCCCCC1c1cccc2ccncc12. The molecule has 1 aromatic carbocycles. The molecular formula is C18H24N2. The van der Waals surface area contributed by atoms with Gasteiger partial charge < -0.3 is 5.32 Å². The van der Waals surface area contributed by atoms with Crippen LogP contribution in [0.4, 0.5) is 0 Å². The highest BCUT2D eigenvalue weighted by Gasteiger charge is 2.25. The Labute approximate surface area is 121 Å². The highest BCUT2D eigenvalue weighted by atomic mass is 14.9. The lowest BCUT2D eigenvalue weighted by atomic mass is 9.85. The zero-order valence-electron chi connectivity index (χ0n) is 12.3. The van der Waals surface area contributed by atoms with Gasteiger partial charge in [0.05, 0.1) is 0 Å². The lowest BCUT2D eigenvalue weighted by molar-refractivity contribution is 0.421. The van der Waals surface area contributed by atoms with E-state index in [9.17, 15) is 0 Å². The summed E-state index contributed by atoms with van der Waals surface area (Å²) in [7, 11) is 0. The third-order valence-corrected chi connectivity index (χ3v) is 4.60. The van der Waals surface area contributed by atoms with Crippen LogP contribution < -0.4 is 5.32 Å². The van der Waals surface area contributed by atoms with E-state index in [-0.39, 0.29) is 0 Å². The Bertz CT molecular complexity index is 559. The van der Waals surface area contributed by atoms with Crippen molar-refractivity contribution in [1.82, 2.24) is 10.3 Å². The van der Waals surface area contributed by atoms with Crippen LogP contribution in [0.3, 0.4) is 0 Å². The van der Waals surface area contributed by atoms with Crippen molar-refractivity contribution in [2.45, 2.75) is 51.0 Å². The second-order valence-electron chi connectivity index (χ2n) is 5.85. The van der Waals surface area contributed by atoms with Gasteiger partial charge in [-0.2, -0.15) is 0 Å². The van der Waals surface area contributed by atoms with Gasteiger partial charge in [-0.15, -0.1) is 0 Å². The standard InChI is InChI=1S/C18H24N2/c1-2-20-18-10-5-3-4-8-16(18)15-9-6-7-14-11-12-19-13-17(14)15/h6-7,9,11-13,16,18,20H,2-5,8,10H2,1H3. The molecule has 0 amide bonds. The fraction of sp³-hybridized carbons (Fsp3) is 0.500. The summed E-state index contributed by atoms with van der Waals surface area (Å²) in [6.07, 6.45) is 10.6. The molecule has 0 spiro atoms. The predicted octanol–water partition coefficient (Wildman–Crippen LogP) is 4.26. The third kappa shape index (κ3) is 2.71. The molecule has 1 heterocycles. The first kappa shape index (κ1) is 13.6. The molecule has 1 N–H and O–H groups in total. The van der Waals surface area contributed by atoms with Crippen LogP contribution in [0.15, 0.2) is 36.7 Å². The van der Waals surface area contributed by atoms with E-state index in [4.69, 9.17) is 0 Å². The smallest absolute Gasteiger partial charge is 0.0349 e. The molecule has 0 radical (unpaired) electrons. The maximum atomic E-state index is 4.34. The number of hydrogen-bond donors (Lipinski definition) is 1. The number of pyridine rings is 1. The third-order valence-electron chi connectivity index (χ3n) is 4.60. The summed E-state index contributed by atoms with van der Waals surface area (Å²) in [5.74, 6) is 0.630. The number of aromatic nitrogens is 1. The van der Waals surface area contributed by atoms with Crippen LogP contribution in [-0.2, 0) is 0 Å². The Morgan fingerprint density at radius 3 is 2.95 bits per heavy atom. The molecule has 2 atom stereocenters. The van der Waals surface area contributed by atoms with Gasteiger partial charge in [-0.05, 0) is 42.3 Å². The molecule has 2 nitrogen and oxygen atoms in total.